The van der Waals surface area contributed by atoms with E-state index in [-0.39, 0.29) is 0 Å². The number of hydrogen-bond acceptors (Lipinski definition) is 3. The van der Waals surface area contributed by atoms with Gasteiger partial charge < -0.3 is 14.9 Å². The molecule has 1 aromatic heterocycles. The highest BCUT2D eigenvalue weighted by Crippen LogP contribution is 2.11. The van der Waals surface area contributed by atoms with Crippen molar-refractivity contribution in [3.63, 3.8) is 0 Å². The van der Waals surface area contributed by atoms with Gasteiger partial charge in [0.05, 0.1) is 26.0 Å². The van der Waals surface area contributed by atoms with Crippen LogP contribution in [0.4, 0.5) is 0 Å². The van der Waals surface area contributed by atoms with Crippen molar-refractivity contribution in [1.29, 1.82) is 0 Å². The third-order valence-corrected chi connectivity index (χ3v) is 2.66. The van der Waals surface area contributed by atoms with Gasteiger partial charge in [0.2, 0.25) is 0 Å². The van der Waals surface area contributed by atoms with E-state index in [0.717, 1.165) is 17.7 Å². The van der Waals surface area contributed by atoms with Crippen molar-refractivity contribution in [3.8, 4) is 0 Å². The van der Waals surface area contributed by atoms with E-state index in [0.29, 0.717) is 19.8 Å². The molecule has 0 radical (unpaired) electrons. The van der Waals surface area contributed by atoms with Crippen molar-refractivity contribution in [2.45, 2.75) is 19.6 Å². The lowest BCUT2D eigenvalue weighted by Gasteiger charge is -2.04. The molecule has 1 aromatic carbocycles. The second-order valence-electron chi connectivity index (χ2n) is 3.86. The average Bonchev–Trinajstić information content (AvgIpc) is 2.83. The summed E-state index contributed by atoms with van der Waals surface area (Å²) in [6.07, 6.45) is 2.58. The summed E-state index contributed by atoms with van der Waals surface area (Å²) >= 11 is 0. The molecule has 0 saturated heterocycles. The normalized spacial score (nSPS) is 10.6. The molecular formula is C14H17NO2. The molecule has 90 valence electrons. The molecule has 2 rings (SSSR count). The summed E-state index contributed by atoms with van der Waals surface area (Å²) in [5.41, 5.74) is 7.87. The third-order valence-electron chi connectivity index (χ3n) is 2.66. The van der Waals surface area contributed by atoms with Gasteiger partial charge in [-0.25, -0.2) is 0 Å². The minimum Gasteiger partial charge on any atom is -0.468 e. The highest BCUT2D eigenvalue weighted by molar-refractivity contribution is 5.16. The number of hydrogen-bond donors (Lipinski definition) is 1. The van der Waals surface area contributed by atoms with Gasteiger partial charge in [0.1, 0.15) is 5.76 Å². The Kier molecular flexibility index (Phi) is 4.36. The van der Waals surface area contributed by atoms with E-state index in [2.05, 4.69) is 12.1 Å². The van der Waals surface area contributed by atoms with E-state index in [1.165, 1.54) is 5.56 Å². The maximum atomic E-state index is 5.61. The Morgan fingerprint density at radius 3 is 2.71 bits per heavy atom. The number of furan rings is 1. The first-order valence-electron chi connectivity index (χ1n) is 5.77. The Morgan fingerprint density at radius 1 is 1.12 bits per heavy atom. The lowest BCUT2D eigenvalue weighted by atomic mass is 10.2. The quantitative estimate of drug-likeness (QED) is 0.777. The summed E-state index contributed by atoms with van der Waals surface area (Å²) in [5, 5.41) is 0. The van der Waals surface area contributed by atoms with Gasteiger partial charge in [0.15, 0.2) is 0 Å². The van der Waals surface area contributed by atoms with Crippen LogP contribution in [0.25, 0.3) is 0 Å². The molecule has 0 spiro atoms. The first-order chi connectivity index (χ1) is 8.40. The lowest BCUT2D eigenvalue weighted by Crippen LogP contribution is -2.02. The topological polar surface area (TPSA) is 48.4 Å². The maximum Gasteiger partial charge on any atom is 0.122 e. The minimum absolute atomic E-state index is 0.421. The summed E-state index contributed by atoms with van der Waals surface area (Å²) in [7, 11) is 0. The van der Waals surface area contributed by atoms with E-state index in [1.807, 2.05) is 24.3 Å². The van der Waals surface area contributed by atoms with Crippen LogP contribution in [0.5, 0.6) is 0 Å². The fourth-order valence-corrected chi connectivity index (χ4v) is 1.69. The molecule has 0 unspecified atom stereocenters. The summed E-state index contributed by atoms with van der Waals surface area (Å²) in [4.78, 5) is 0. The van der Waals surface area contributed by atoms with Crippen LogP contribution >= 0.6 is 0 Å². The molecule has 0 aliphatic carbocycles. The monoisotopic (exact) mass is 231 g/mol. The molecule has 17 heavy (non-hydrogen) atoms. The summed E-state index contributed by atoms with van der Waals surface area (Å²) in [6, 6.07) is 12.2. The van der Waals surface area contributed by atoms with Gasteiger partial charge in [-0.1, -0.05) is 30.3 Å². The second-order valence-corrected chi connectivity index (χ2v) is 3.86. The fraction of sp³-hybridized carbons (Fsp3) is 0.286. The van der Waals surface area contributed by atoms with Gasteiger partial charge in [-0.3, -0.25) is 0 Å². The number of benzene rings is 1. The van der Waals surface area contributed by atoms with E-state index in [4.69, 9.17) is 14.9 Å². The van der Waals surface area contributed by atoms with E-state index < -0.39 is 0 Å². The first-order valence-corrected chi connectivity index (χ1v) is 5.77. The Hall–Kier alpha value is -1.58. The third kappa shape index (κ3) is 3.44. The van der Waals surface area contributed by atoms with Crippen LogP contribution < -0.4 is 5.73 Å². The standard InChI is InChI=1S/C14H17NO2/c15-10-14-13(7-9-17-14)11-16-8-6-12-4-2-1-3-5-12/h1-5,7,9H,6,8,10-11,15H2. The molecule has 3 nitrogen and oxygen atoms in total. The molecule has 0 atom stereocenters. The van der Waals surface area contributed by atoms with Gasteiger partial charge in [-0.15, -0.1) is 0 Å². The maximum absolute atomic E-state index is 5.61. The SMILES string of the molecule is NCc1occc1COCCc1ccccc1. The van der Waals surface area contributed by atoms with Crippen molar-refractivity contribution >= 4 is 0 Å². The molecule has 0 fully saturated rings. The molecule has 0 amide bonds. The van der Waals surface area contributed by atoms with Crippen LogP contribution in [0, 0.1) is 0 Å². The average molecular weight is 231 g/mol. The van der Waals surface area contributed by atoms with Gasteiger partial charge in [-0.2, -0.15) is 0 Å². The van der Waals surface area contributed by atoms with Crippen LogP contribution in [-0.2, 0) is 24.3 Å². The molecule has 3 heteroatoms. The molecule has 0 aliphatic heterocycles. The van der Waals surface area contributed by atoms with Gasteiger partial charge in [0, 0.05) is 5.56 Å². The van der Waals surface area contributed by atoms with E-state index in [1.54, 1.807) is 6.26 Å². The number of rotatable bonds is 6. The zero-order valence-electron chi connectivity index (χ0n) is 9.76. The van der Waals surface area contributed by atoms with Crippen molar-refractivity contribution < 1.29 is 9.15 Å². The highest BCUT2D eigenvalue weighted by atomic mass is 16.5. The van der Waals surface area contributed by atoms with Crippen LogP contribution in [-0.4, -0.2) is 6.61 Å². The minimum atomic E-state index is 0.421. The zero-order chi connectivity index (χ0) is 11.9. The zero-order valence-corrected chi connectivity index (χ0v) is 9.76. The van der Waals surface area contributed by atoms with Gasteiger partial charge >= 0.3 is 0 Å². The van der Waals surface area contributed by atoms with Crippen molar-refractivity contribution in [2.24, 2.45) is 5.73 Å². The number of nitrogens with two attached hydrogens (primary N) is 1. The van der Waals surface area contributed by atoms with Crippen LogP contribution in [0.15, 0.2) is 47.1 Å². The lowest BCUT2D eigenvalue weighted by molar-refractivity contribution is 0.122. The molecule has 0 bridgehead atoms. The summed E-state index contributed by atoms with van der Waals surface area (Å²) < 4.78 is 10.8. The van der Waals surface area contributed by atoms with E-state index in [9.17, 15) is 0 Å². The molecule has 0 aliphatic rings. The molecule has 0 saturated carbocycles. The van der Waals surface area contributed by atoms with Crippen LogP contribution in [0.1, 0.15) is 16.9 Å². The molecule has 2 N–H and O–H groups in total. The highest BCUT2D eigenvalue weighted by Gasteiger charge is 2.03. The number of ether oxygens (including phenoxy) is 1. The Labute approximate surface area is 101 Å². The van der Waals surface area contributed by atoms with Crippen molar-refractivity contribution in [3.05, 3.63) is 59.5 Å². The van der Waals surface area contributed by atoms with Gasteiger partial charge in [0.25, 0.3) is 0 Å². The summed E-state index contributed by atoms with van der Waals surface area (Å²) in [5.74, 6) is 0.810. The fourth-order valence-electron chi connectivity index (χ4n) is 1.69. The molecule has 1 heterocycles. The molecular weight excluding hydrogens is 214 g/mol. The second kappa shape index (κ2) is 6.23. The van der Waals surface area contributed by atoms with Crippen molar-refractivity contribution in [2.75, 3.05) is 6.61 Å². The summed E-state index contributed by atoms with van der Waals surface area (Å²) in [6.45, 7) is 1.69. The largest absolute Gasteiger partial charge is 0.468 e. The van der Waals surface area contributed by atoms with Crippen LogP contribution in [0.3, 0.4) is 0 Å². The van der Waals surface area contributed by atoms with Gasteiger partial charge in [-0.05, 0) is 18.1 Å². The van der Waals surface area contributed by atoms with Crippen LogP contribution in [0.2, 0.25) is 0 Å². The Balaban J connectivity index is 1.73. The van der Waals surface area contributed by atoms with Crippen molar-refractivity contribution in [1.82, 2.24) is 0 Å². The molecule has 2 aromatic rings. The smallest absolute Gasteiger partial charge is 0.122 e. The Morgan fingerprint density at radius 2 is 1.94 bits per heavy atom. The van der Waals surface area contributed by atoms with E-state index >= 15 is 0 Å². The first kappa shape index (κ1) is 11.9. The predicted molar refractivity (Wildman–Crippen MR) is 66.4 cm³/mol. The predicted octanol–water partition coefficient (Wildman–Crippen LogP) is 2.50. The Bertz CT molecular complexity index is 436.